The minimum atomic E-state index is -0.511. The van der Waals surface area contributed by atoms with Gasteiger partial charge >= 0.3 is 0 Å². The van der Waals surface area contributed by atoms with Crippen molar-refractivity contribution in [2.75, 3.05) is 13.1 Å². The largest absolute Gasteiger partial charge is 0.341 e. The van der Waals surface area contributed by atoms with E-state index in [-0.39, 0.29) is 30.7 Å². The first kappa shape index (κ1) is 25.5. The number of carbonyl (C=O) groups is 1. The molecule has 0 spiro atoms. The Morgan fingerprint density at radius 3 is 2.66 bits per heavy atom. The molecule has 0 aliphatic carbocycles. The minimum Gasteiger partial charge on any atom is -0.341 e. The fourth-order valence-corrected chi connectivity index (χ4v) is 4.06. The Labute approximate surface area is 186 Å². The average Bonchev–Trinajstić information content (AvgIpc) is 3.08. The second kappa shape index (κ2) is 12.2. The Hall–Kier alpha value is -1.56. The fraction of sp³-hybridized carbons (Fsp3) is 0.545. The van der Waals surface area contributed by atoms with Gasteiger partial charge in [0.05, 0.1) is 18.1 Å². The number of amides is 1. The first-order valence-electron chi connectivity index (χ1n) is 10.1. The van der Waals surface area contributed by atoms with E-state index in [0.29, 0.717) is 18.3 Å². The van der Waals surface area contributed by atoms with E-state index >= 15 is 0 Å². The van der Waals surface area contributed by atoms with Crippen molar-refractivity contribution < 1.29 is 4.79 Å². The second-order valence-electron chi connectivity index (χ2n) is 8.26. The van der Waals surface area contributed by atoms with Crippen LogP contribution in [0.4, 0.5) is 0 Å². The third-order valence-corrected chi connectivity index (χ3v) is 5.28. The van der Waals surface area contributed by atoms with Crippen molar-refractivity contribution in [2.45, 2.75) is 52.1 Å². The molecule has 2 N–H and O–H groups in total. The number of halogens is 2. The molecule has 1 amide bonds. The molecular weight excluding hydrogens is 407 g/mol. The number of hydrogen-bond acceptors (Lipinski definition) is 3. The van der Waals surface area contributed by atoms with E-state index in [1.165, 1.54) is 18.4 Å². The first-order valence-corrected chi connectivity index (χ1v) is 10.1. The van der Waals surface area contributed by atoms with Gasteiger partial charge in [-0.1, -0.05) is 44.2 Å². The summed E-state index contributed by atoms with van der Waals surface area (Å²) in [5.41, 5.74) is 8.35. The average molecular weight is 441 g/mol. The highest BCUT2D eigenvalue weighted by Crippen LogP contribution is 2.23. The first-order chi connectivity index (χ1) is 13.0. The van der Waals surface area contributed by atoms with Crippen LogP contribution in [0.1, 0.15) is 44.4 Å². The predicted molar refractivity (Wildman–Crippen MR) is 123 cm³/mol. The molecule has 3 rings (SSSR count). The van der Waals surface area contributed by atoms with Gasteiger partial charge in [0.25, 0.3) is 0 Å². The Bertz CT molecular complexity index is 735. The third kappa shape index (κ3) is 7.65. The standard InChI is InChI=1S/C22H32N4O.2ClH/c1-17(2)11-19-9-6-10-26(14-19)22(27)21(23)12-20-15-25(16-24-20)13-18-7-4-3-5-8-18;;/h3-5,7-8,15-17,19,21H,6,9-14,23H2,1-2H3;2*1H/t19?,21-;;/m0../s1. The van der Waals surface area contributed by atoms with Gasteiger partial charge in [-0.15, -0.1) is 24.8 Å². The van der Waals surface area contributed by atoms with E-state index in [4.69, 9.17) is 5.73 Å². The zero-order valence-corrected chi connectivity index (χ0v) is 19.0. The van der Waals surface area contributed by atoms with Crippen LogP contribution in [0.2, 0.25) is 0 Å². The second-order valence-corrected chi connectivity index (χ2v) is 8.26. The van der Waals surface area contributed by atoms with E-state index in [0.717, 1.165) is 31.7 Å². The van der Waals surface area contributed by atoms with Crippen molar-refractivity contribution in [2.24, 2.45) is 17.6 Å². The van der Waals surface area contributed by atoms with Gasteiger partial charge in [0.1, 0.15) is 0 Å². The molecule has 1 aliphatic heterocycles. The maximum Gasteiger partial charge on any atom is 0.239 e. The monoisotopic (exact) mass is 440 g/mol. The number of hydrogen-bond donors (Lipinski definition) is 1. The Kier molecular flexibility index (Phi) is 10.7. The van der Waals surface area contributed by atoms with Crippen molar-refractivity contribution in [1.82, 2.24) is 14.5 Å². The van der Waals surface area contributed by atoms with Crippen LogP contribution in [0.15, 0.2) is 42.9 Å². The minimum absolute atomic E-state index is 0. The van der Waals surface area contributed by atoms with Crippen LogP contribution in [-0.4, -0.2) is 39.5 Å². The van der Waals surface area contributed by atoms with Gasteiger partial charge in [0.15, 0.2) is 0 Å². The molecule has 5 nitrogen and oxygen atoms in total. The van der Waals surface area contributed by atoms with Gasteiger partial charge in [0.2, 0.25) is 5.91 Å². The number of aromatic nitrogens is 2. The van der Waals surface area contributed by atoms with Crippen LogP contribution in [0, 0.1) is 11.8 Å². The smallest absolute Gasteiger partial charge is 0.239 e. The molecule has 7 heteroatoms. The zero-order chi connectivity index (χ0) is 19.2. The van der Waals surface area contributed by atoms with E-state index < -0.39 is 6.04 Å². The number of rotatable bonds is 7. The van der Waals surface area contributed by atoms with Crippen molar-refractivity contribution in [3.63, 3.8) is 0 Å². The highest BCUT2D eigenvalue weighted by Gasteiger charge is 2.27. The molecule has 1 fully saturated rings. The van der Waals surface area contributed by atoms with E-state index in [2.05, 4.69) is 31.0 Å². The van der Waals surface area contributed by atoms with Gasteiger partial charge in [0, 0.05) is 32.3 Å². The normalized spacial score (nSPS) is 17.4. The third-order valence-electron chi connectivity index (χ3n) is 5.28. The summed E-state index contributed by atoms with van der Waals surface area (Å²) < 4.78 is 2.04. The molecule has 2 heterocycles. The molecule has 1 aliphatic rings. The molecule has 1 aromatic heterocycles. The van der Waals surface area contributed by atoms with Gasteiger partial charge in [-0.2, -0.15) is 0 Å². The highest BCUT2D eigenvalue weighted by molar-refractivity contribution is 5.85. The lowest BCUT2D eigenvalue weighted by Gasteiger charge is -2.35. The van der Waals surface area contributed by atoms with Crippen LogP contribution >= 0.6 is 24.8 Å². The quantitative estimate of drug-likeness (QED) is 0.708. The summed E-state index contributed by atoms with van der Waals surface area (Å²) in [4.78, 5) is 19.2. The number of benzene rings is 1. The van der Waals surface area contributed by atoms with Crippen LogP contribution in [0.5, 0.6) is 0 Å². The summed E-state index contributed by atoms with van der Waals surface area (Å²) in [6.07, 6.45) is 7.80. The van der Waals surface area contributed by atoms with Gasteiger partial charge in [-0.25, -0.2) is 4.98 Å². The van der Waals surface area contributed by atoms with Crippen molar-refractivity contribution >= 4 is 30.7 Å². The molecule has 2 aromatic rings. The molecule has 2 atom stereocenters. The molecule has 29 heavy (non-hydrogen) atoms. The van der Waals surface area contributed by atoms with E-state index in [9.17, 15) is 4.79 Å². The maximum atomic E-state index is 12.8. The number of nitrogens with two attached hydrogens (primary N) is 1. The topological polar surface area (TPSA) is 64.2 Å². The van der Waals surface area contributed by atoms with Crippen molar-refractivity contribution in [1.29, 1.82) is 0 Å². The summed E-state index contributed by atoms with van der Waals surface area (Å²) >= 11 is 0. The highest BCUT2D eigenvalue weighted by atomic mass is 35.5. The summed E-state index contributed by atoms with van der Waals surface area (Å²) in [5.74, 6) is 1.35. The van der Waals surface area contributed by atoms with E-state index in [1.807, 2.05) is 40.2 Å². The number of likely N-dealkylation sites (tertiary alicyclic amines) is 1. The van der Waals surface area contributed by atoms with Crippen LogP contribution < -0.4 is 5.73 Å². The van der Waals surface area contributed by atoms with Crippen molar-refractivity contribution in [3.8, 4) is 0 Å². The lowest BCUT2D eigenvalue weighted by molar-refractivity contribution is -0.134. The summed E-state index contributed by atoms with van der Waals surface area (Å²) in [6.45, 7) is 6.97. The molecule has 0 radical (unpaired) electrons. The lowest BCUT2D eigenvalue weighted by atomic mass is 9.89. The SMILES string of the molecule is CC(C)CC1CCCN(C(=O)[C@@H](N)Cc2cn(Cc3ccccc3)cn2)C1.Cl.Cl. The Balaban J connectivity index is 0.00000210. The van der Waals surface area contributed by atoms with Crippen LogP contribution in [0.3, 0.4) is 0 Å². The number of nitrogens with zero attached hydrogens (tertiary/aromatic N) is 3. The number of imidazole rings is 1. The molecule has 0 saturated carbocycles. The molecule has 1 aromatic carbocycles. The van der Waals surface area contributed by atoms with Gasteiger partial charge in [-0.3, -0.25) is 4.79 Å². The summed E-state index contributed by atoms with van der Waals surface area (Å²) in [5, 5.41) is 0. The Morgan fingerprint density at radius 1 is 1.24 bits per heavy atom. The molecule has 0 bridgehead atoms. The van der Waals surface area contributed by atoms with Gasteiger partial charge < -0.3 is 15.2 Å². The fourth-order valence-electron chi connectivity index (χ4n) is 4.06. The molecular formula is C22H34Cl2N4O. The molecule has 1 saturated heterocycles. The Morgan fingerprint density at radius 2 is 1.97 bits per heavy atom. The number of piperidine rings is 1. The molecule has 1 unspecified atom stereocenters. The van der Waals surface area contributed by atoms with Crippen LogP contribution in [0.25, 0.3) is 0 Å². The van der Waals surface area contributed by atoms with Crippen LogP contribution in [-0.2, 0) is 17.8 Å². The van der Waals surface area contributed by atoms with E-state index in [1.54, 1.807) is 0 Å². The summed E-state index contributed by atoms with van der Waals surface area (Å²) in [6, 6.07) is 9.76. The zero-order valence-electron chi connectivity index (χ0n) is 17.4. The van der Waals surface area contributed by atoms with Crippen molar-refractivity contribution in [3.05, 3.63) is 54.1 Å². The summed E-state index contributed by atoms with van der Waals surface area (Å²) in [7, 11) is 0. The predicted octanol–water partition coefficient (Wildman–Crippen LogP) is 3.93. The maximum absolute atomic E-state index is 12.8. The van der Waals surface area contributed by atoms with Gasteiger partial charge in [-0.05, 0) is 36.7 Å². The number of carbonyl (C=O) groups excluding carboxylic acids is 1. The molecule has 162 valence electrons. The lowest BCUT2D eigenvalue weighted by Crippen LogP contribution is -2.49.